The van der Waals surface area contributed by atoms with E-state index in [0.717, 1.165) is 28.1 Å². The van der Waals surface area contributed by atoms with Crippen LogP contribution in [0.3, 0.4) is 0 Å². The molecule has 3 heterocycles. The summed E-state index contributed by atoms with van der Waals surface area (Å²) in [5.74, 6) is 0.689. The minimum absolute atomic E-state index is 0.0539. The Kier molecular flexibility index (Phi) is 8.46. The summed E-state index contributed by atoms with van der Waals surface area (Å²) in [6, 6.07) is 10.3. The van der Waals surface area contributed by atoms with Gasteiger partial charge < -0.3 is 10.1 Å². The number of ether oxygens (including phenoxy) is 1. The molecule has 0 saturated carbocycles. The summed E-state index contributed by atoms with van der Waals surface area (Å²) in [5, 5.41) is 10.1. The maximum Gasteiger partial charge on any atom is 0.240 e. The van der Waals surface area contributed by atoms with Crippen LogP contribution in [0, 0.1) is 13.8 Å². The van der Waals surface area contributed by atoms with Crippen molar-refractivity contribution >= 4 is 40.7 Å². The molecule has 0 radical (unpaired) electrons. The molecule has 198 valence electrons. The van der Waals surface area contributed by atoms with Crippen molar-refractivity contribution in [3.63, 3.8) is 0 Å². The Balaban J connectivity index is 1.92. The molecule has 1 aromatic carbocycles. The van der Waals surface area contributed by atoms with Gasteiger partial charge in [0.05, 0.1) is 22.4 Å². The highest BCUT2D eigenvalue weighted by Crippen LogP contribution is 2.49. The number of anilines is 1. The molecule has 37 heavy (non-hydrogen) atoms. The molecular formula is C28H36N4O3S2. The van der Waals surface area contributed by atoms with E-state index in [1.807, 2.05) is 22.9 Å². The number of benzene rings is 1. The Labute approximate surface area is 227 Å². The second-order valence-electron chi connectivity index (χ2n) is 10.3. The first-order chi connectivity index (χ1) is 17.6. The SMILES string of the molecule is COCCCNC(=O)CN1C(=O)CSC(c2cccs2)c2c(C(C)(C)C)nn(-c3cccc(C)c3C)c21. The number of aromatic nitrogens is 2. The predicted molar refractivity (Wildman–Crippen MR) is 152 cm³/mol. The van der Waals surface area contributed by atoms with Gasteiger partial charge in [0.15, 0.2) is 0 Å². The Morgan fingerprint density at radius 3 is 2.68 bits per heavy atom. The smallest absolute Gasteiger partial charge is 0.240 e. The summed E-state index contributed by atoms with van der Waals surface area (Å²) in [6.07, 6.45) is 0.715. The molecule has 1 N–H and O–H groups in total. The van der Waals surface area contributed by atoms with E-state index in [-0.39, 0.29) is 34.8 Å². The largest absolute Gasteiger partial charge is 0.385 e. The molecule has 1 aliphatic rings. The average molecular weight is 541 g/mol. The van der Waals surface area contributed by atoms with Crippen molar-refractivity contribution in [3.8, 4) is 5.69 Å². The second kappa shape index (κ2) is 11.4. The van der Waals surface area contributed by atoms with E-state index in [2.05, 4.69) is 57.4 Å². The first-order valence-electron chi connectivity index (χ1n) is 12.5. The number of methoxy groups -OCH3 is 1. The van der Waals surface area contributed by atoms with E-state index in [4.69, 9.17) is 9.84 Å². The first kappa shape index (κ1) is 27.4. The number of aryl methyl sites for hydroxylation is 1. The van der Waals surface area contributed by atoms with Gasteiger partial charge in [0.2, 0.25) is 11.8 Å². The number of thiophene rings is 1. The zero-order valence-electron chi connectivity index (χ0n) is 22.5. The zero-order valence-corrected chi connectivity index (χ0v) is 24.1. The van der Waals surface area contributed by atoms with E-state index in [1.165, 1.54) is 4.88 Å². The lowest BCUT2D eigenvalue weighted by Crippen LogP contribution is -2.42. The van der Waals surface area contributed by atoms with Gasteiger partial charge in [0.1, 0.15) is 12.4 Å². The Bertz CT molecular complexity index is 1260. The van der Waals surface area contributed by atoms with Crippen molar-refractivity contribution < 1.29 is 14.3 Å². The molecule has 2 aromatic heterocycles. The van der Waals surface area contributed by atoms with Gasteiger partial charge in [-0.2, -0.15) is 5.10 Å². The van der Waals surface area contributed by atoms with E-state index >= 15 is 0 Å². The van der Waals surface area contributed by atoms with Crippen molar-refractivity contribution in [2.75, 3.05) is 37.5 Å². The quantitative estimate of drug-likeness (QED) is 0.399. The van der Waals surface area contributed by atoms with Gasteiger partial charge in [-0.25, -0.2) is 4.68 Å². The lowest BCUT2D eigenvalue weighted by atomic mass is 9.88. The number of carbonyl (C=O) groups is 2. The van der Waals surface area contributed by atoms with Gasteiger partial charge in [-0.3, -0.25) is 14.5 Å². The summed E-state index contributed by atoms with van der Waals surface area (Å²) in [4.78, 5) is 29.5. The van der Waals surface area contributed by atoms with Crippen LogP contribution in [-0.2, 0) is 19.7 Å². The van der Waals surface area contributed by atoms with Gasteiger partial charge in [0.25, 0.3) is 0 Å². The van der Waals surface area contributed by atoms with Crippen LogP contribution in [-0.4, -0.2) is 54.2 Å². The summed E-state index contributed by atoms with van der Waals surface area (Å²) >= 11 is 3.30. The predicted octanol–water partition coefficient (Wildman–Crippen LogP) is 5.17. The Morgan fingerprint density at radius 1 is 1.22 bits per heavy atom. The summed E-state index contributed by atoms with van der Waals surface area (Å²) in [7, 11) is 1.64. The number of fused-ring (bicyclic) bond motifs is 1. The zero-order chi connectivity index (χ0) is 26.7. The molecule has 0 aliphatic carbocycles. The maximum absolute atomic E-state index is 13.7. The third kappa shape index (κ3) is 5.78. The number of amides is 2. The maximum atomic E-state index is 13.7. The van der Waals surface area contributed by atoms with Crippen molar-refractivity contribution in [3.05, 3.63) is 63.0 Å². The number of hydrogen-bond acceptors (Lipinski definition) is 6. The van der Waals surface area contributed by atoms with Crippen molar-refractivity contribution in [1.82, 2.24) is 15.1 Å². The van der Waals surface area contributed by atoms with Crippen molar-refractivity contribution in [1.29, 1.82) is 0 Å². The third-order valence-corrected chi connectivity index (χ3v) is 8.88. The molecule has 3 aromatic rings. The van der Waals surface area contributed by atoms with E-state index < -0.39 is 0 Å². The highest BCUT2D eigenvalue weighted by atomic mass is 32.2. The van der Waals surface area contributed by atoms with Gasteiger partial charge in [0, 0.05) is 36.1 Å². The minimum Gasteiger partial charge on any atom is -0.385 e. The van der Waals surface area contributed by atoms with Gasteiger partial charge in [-0.15, -0.1) is 23.1 Å². The average Bonchev–Trinajstić information content (AvgIpc) is 3.49. The fraction of sp³-hybridized carbons (Fsp3) is 0.464. The second-order valence-corrected chi connectivity index (χ2v) is 12.4. The van der Waals surface area contributed by atoms with Gasteiger partial charge >= 0.3 is 0 Å². The van der Waals surface area contributed by atoms with Crippen LogP contribution < -0.4 is 10.2 Å². The molecule has 2 amide bonds. The highest BCUT2D eigenvalue weighted by molar-refractivity contribution is 8.00. The number of carbonyl (C=O) groups excluding carboxylic acids is 2. The fourth-order valence-electron chi connectivity index (χ4n) is 4.52. The molecule has 0 spiro atoms. The molecule has 0 bridgehead atoms. The van der Waals surface area contributed by atoms with Crippen molar-refractivity contribution in [2.45, 2.75) is 51.7 Å². The molecule has 1 aliphatic heterocycles. The molecule has 0 saturated heterocycles. The van der Waals surface area contributed by atoms with Gasteiger partial charge in [-0.1, -0.05) is 39.0 Å². The van der Waals surface area contributed by atoms with Crippen LogP contribution in [0.25, 0.3) is 5.69 Å². The van der Waals surface area contributed by atoms with E-state index in [9.17, 15) is 9.59 Å². The van der Waals surface area contributed by atoms with Crippen LogP contribution in [0.5, 0.6) is 0 Å². The standard InChI is InChI=1S/C28H36N4O3S2/c1-18-10-7-11-20(19(18)2)32-27-24(26(30-32)28(3,4)5)25(21-12-8-15-36-21)37-17-23(34)31(27)16-22(33)29-13-9-14-35-6/h7-8,10-12,15,25H,9,13-14,16-17H2,1-6H3,(H,29,33). The number of rotatable bonds is 8. The molecule has 9 heteroatoms. The molecular weight excluding hydrogens is 504 g/mol. The fourth-order valence-corrected chi connectivity index (χ4v) is 6.69. The van der Waals surface area contributed by atoms with Gasteiger partial charge in [-0.05, 0) is 48.9 Å². The topological polar surface area (TPSA) is 76.5 Å². The Hall–Kier alpha value is -2.62. The molecule has 1 unspecified atom stereocenters. The summed E-state index contributed by atoms with van der Waals surface area (Å²) in [5.41, 5.74) is 4.83. The lowest BCUT2D eigenvalue weighted by molar-refractivity contribution is -0.122. The normalized spacial score (nSPS) is 16.0. The van der Waals surface area contributed by atoms with E-state index in [1.54, 1.807) is 35.1 Å². The number of nitrogens with one attached hydrogen (secondary N) is 1. The van der Waals surface area contributed by atoms with Crippen LogP contribution in [0.15, 0.2) is 35.7 Å². The molecule has 7 nitrogen and oxygen atoms in total. The Morgan fingerprint density at radius 2 is 2.00 bits per heavy atom. The minimum atomic E-state index is -0.273. The van der Waals surface area contributed by atoms with Crippen LogP contribution in [0.2, 0.25) is 0 Å². The monoisotopic (exact) mass is 540 g/mol. The van der Waals surface area contributed by atoms with Crippen molar-refractivity contribution in [2.24, 2.45) is 0 Å². The molecule has 1 atom stereocenters. The van der Waals surface area contributed by atoms with Crippen LogP contribution in [0.4, 0.5) is 5.82 Å². The molecule has 0 fully saturated rings. The molecule has 4 rings (SSSR count). The number of hydrogen-bond donors (Lipinski definition) is 1. The lowest BCUT2D eigenvalue weighted by Gasteiger charge is -2.24. The first-order valence-corrected chi connectivity index (χ1v) is 14.5. The van der Waals surface area contributed by atoms with Crippen LogP contribution >= 0.6 is 23.1 Å². The summed E-state index contributed by atoms with van der Waals surface area (Å²) < 4.78 is 7.00. The highest BCUT2D eigenvalue weighted by Gasteiger charge is 2.40. The third-order valence-electron chi connectivity index (χ3n) is 6.55. The van der Waals surface area contributed by atoms with E-state index in [0.29, 0.717) is 25.4 Å². The number of thioether (sulfide) groups is 1. The van der Waals surface area contributed by atoms with Crippen LogP contribution in [0.1, 0.15) is 59.7 Å². The number of nitrogens with zero attached hydrogens (tertiary/aromatic N) is 3. The summed E-state index contributed by atoms with van der Waals surface area (Å²) in [6.45, 7) is 11.6.